The van der Waals surface area contributed by atoms with Gasteiger partial charge in [0.05, 0.1) is 6.54 Å². The van der Waals surface area contributed by atoms with Gasteiger partial charge in [-0.3, -0.25) is 14.5 Å². The number of nitrogens with zero attached hydrogens (tertiary/aromatic N) is 2. The first-order chi connectivity index (χ1) is 14.5. The van der Waals surface area contributed by atoms with Crippen molar-refractivity contribution in [2.24, 2.45) is 7.05 Å². The zero-order valence-electron chi connectivity index (χ0n) is 16.9. The van der Waals surface area contributed by atoms with Gasteiger partial charge in [-0.1, -0.05) is 18.2 Å². The number of para-hydroxylation sites is 1. The van der Waals surface area contributed by atoms with Crippen LogP contribution >= 0.6 is 0 Å². The molecule has 1 saturated heterocycles. The SMILES string of the molecule is Cn1cccc1CNC(=O)CCC1NC(=O)N(CCc2c[nH]c3ccccc23)C1=O. The molecule has 3 N–H and O–H groups in total. The van der Waals surface area contributed by atoms with Crippen LogP contribution < -0.4 is 10.6 Å². The van der Waals surface area contributed by atoms with Crippen molar-refractivity contribution in [1.29, 1.82) is 0 Å². The normalized spacial score (nSPS) is 16.3. The lowest BCUT2D eigenvalue weighted by atomic mass is 10.1. The molecule has 1 unspecified atom stereocenters. The number of aromatic amines is 1. The molecule has 3 heterocycles. The standard InChI is InChI=1S/C22H25N5O3/c1-26-11-4-5-16(26)14-24-20(28)9-8-19-21(29)27(22(30)25-19)12-10-15-13-23-18-7-3-2-6-17(15)18/h2-7,11,13,19,23H,8-10,12,14H2,1H3,(H,24,28)(H,25,30). The molecule has 4 rings (SSSR count). The minimum absolute atomic E-state index is 0.143. The van der Waals surface area contributed by atoms with Gasteiger partial charge in [-0.15, -0.1) is 0 Å². The highest BCUT2D eigenvalue weighted by Crippen LogP contribution is 2.19. The lowest BCUT2D eigenvalue weighted by Crippen LogP contribution is -2.34. The van der Waals surface area contributed by atoms with Gasteiger partial charge in [0, 0.05) is 49.0 Å². The van der Waals surface area contributed by atoms with Crippen LogP contribution in [-0.4, -0.2) is 44.9 Å². The Kier molecular flexibility index (Phi) is 5.56. The van der Waals surface area contributed by atoms with E-state index in [1.165, 1.54) is 4.90 Å². The first-order valence-electron chi connectivity index (χ1n) is 10.1. The Morgan fingerprint density at radius 3 is 2.80 bits per heavy atom. The maximum Gasteiger partial charge on any atom is 0.324 e. The van der Waals surface area contributed by atoms with Gasteiger partial charge >= 0.3 is 6.03 Å². The van der Waals surface area contributed by atoms with E-state index in [1.54, 1.807) is 0 Å². The second kappa shape index (κ2) is 8.44. The van der Waals surface area contributed by atoms with Crippen molar-refractivity contribution in [3.8, 4) is 0 Å². The molecule has 1 atom stereocenters. The second-order valence-corrected chi connectivity index (χ2v) is 7.53. The summed E-state index contributed by atoms with van der Waals surface area (Å²) in [5.74, 6) is -0.412. The lowest BCUT2D eigenvalue weighted by Gasteiger charge is -2.13. The maximum atomic E-state index is 12.6. The third-order valence-electron chi connectivity index (χ3n) is 5.56. The van der Waals surface area contributed by atoms with Gasteiger partial charge in [-0.25, -0.2) is 4.79 Å². The number of carbonyl (C=O) groups is 3. The highest BCUT2D eigenvalue weighted by molar-refractivity contribution is 6.04. The van der Waals surface area contributed by atoms with Crippen molar-refractivity contribution in [2.75, 3.05) is 6.54 Å². The number of benzene rings is 1. The van der Waals surface area contributed by atoms with Crippen LogP contribution in [0.25, 0.3) is 10.9 Å². The van der Waals surface area contributed by atoms with E-state index in [9.17, 15) is 14.4 Å². The molecule has 0 bridgehead atoms. The molecule has 0 saturated carbocycles. The van der Waals surface area contributed by atoms with E-state index in [-0.39, 0.29) is 24.7 Å². The molecule has 2 aromatic heterocycles. The molecular formula is C22H25N5O3. The van der Waals surface area contributed by atoms with Crippen LogP contribution in [-0.2, 0) is 29.6 Å². The summed E-state index contributed by atoms with van der Waals surface area (Å²) in [6.07, 6.45) is 4.87. The predicted octanol–water partition coefficient (Wildman–Crippen LogP) is 2.07. The van der Waals surface area contributed by atoms with E-state index >= 15 is 0 Å². The van der Waals surface area contributed by atoms with Crippen molar-refractivity contribution < 1.29 is 14.4 Å². The van der Waals surface area contributed by atoms with Crippen LogP contribution in [0, 0.1) is 0 Å². The summed E-state index contributed by atoms with van der Waals surface area (Å²) in [4.78, 5) is 41.5. The number of urea groups is 1. The fourth-order valence-corrected chi connectivity index (χ4v) is 3.79. The van der Waals surface area contributed by atoms with E-state index in [2.05, 4.69) is 15.6 Å². The van der Waals surface area contributed by atoms with E-state index in [4.69, 9.17) is 0 Å². The van der Waals surface area contributed by atoms with Gasteiger partial charge in [0.25, 0.3) is 5.91 Å². The van der Waals surface area contributed by atoms with Gasteiger partial charge in [0.2, 0.25) is 5.91 Å². The number of aromatic nitrogens is 2. The summed E-state index contributed by atoms with van der Waals surface area (Å²) in [7, 11) is 1.92. The Morgan fingerprint density at radius 2 is 2.00 bits per heavy atom. The fraction of sp³-hybridized carbons (Fsp3) is 0.318. The molecule has 3 aromatic rings. The summed E-state index contributed by atoms with van der Waals surface area (Å²) in [6.45, 7) is 0.743. The zero-order valence-corrected chi connectivity index (χ0v) is 16.9. The van der Waals surface area contributed by atoms with Gasteiger partial charge in [0.1, 0.15) is 6.04 Å². The van der Waals surface area contributed by atoms with E-state index in [0.717, 1.165) is 22.2 Å². The topological polar surface area (TPSA) is 99.2 Å². The van der Waals surface area contributed by atoms with E-state index < -0.39 is 12.1 Å². The minimum Gasteiger partial charge on any atom is -0.361 e. The quantitative estimate of drug-likeness (QED) is 0.499. The van der Waals surface area contributed by atoms with Gasteiger partial charge in [-0.2, -0.15) is 0 Å². The molecule has 30 heavy (non-hydrogen) atoms. The average Bonchev–Trinajstić information content (AvgIpc) is 3.41. The first-order valence-corrected chi connectivity index (χ1v) is 10.1. The lowest BCUT2D eigenvalue weighted by molar-refractivity contribution is -0.127. The Morgan fingerprint density at radius 1 is 1.17 bits per heavy atom. The number of fused-ring (bicyclic) bond motifs is 1. The molecule has 8 nitrogen and oxygen atoms in total. The van der Waals surface area contributed by atoms with Crippen molar-refractivity contribution in [1.82, 2.24) is 25.1 Å². The maximum absolute atomic E-state index is 12.6. The molecule has 0 aliphatic carbocycles. The van der Waals surface area contributed by atoms with Crippen LogP contribution in [0.5, 0.6) is 0 Å². The van der Waals surface area contributed by atoms with Crippen molar-refractivity contribution in [2.45, 2.75) is 31.8 Å². The number of aryl methyl sites for hydroxylation is 1. The van der Waals surface area contributed by atoms with Gasteiger partial charge in [-0.05, 0) is 36.6 Å². The Hall–Kier alpha value is -3.55. The number of rotatable bonds is 8. The number of amides is 4. The van der Waals surface area contributed by atoms with Crippen LogP contribution in [0.4, 0.5) is 4.79 Å². The van der Waals surface area contributed by atoms with Crippen LogP contribution in [0.1, 0.15) is 24.1 Å². The zero-order chi connectivity index (χ0) is 21.1. The molecule has 0 spiro atoms. The average molecular weight is 407 g/mol. The molecular weight excluding hydrogens is 382 g/mol. The van der Waals surface area contributed by atoms with Gasteiger partial charge in [0.15, 0.2) is 0 Å². The minimum atomic E-state index is -0.652. The third-order valence-corrected chi connectivity index (χ3v) is 5.56. The molecule has 1 aliphatic rings. The van der Waals surface area contributed by atoms with Crippen molar-refractivity contribution >= 4 is 28.7 Å². The fourth-order valence-electron chi connectivity index (χ4n) is 3.79. The second-order valence-electron chi connectivity index (χ2n) is 7.53. The Balaban J connectivity index is 1.27. The smallest absolute Gasteiger partial charge is 0.324 e. The summed E-state index contributed by atoms with van der Waals surface area (Å²) in [5.41, 5.74) is 3.09. The number of imide groups is 1. The van der Waals surface area contributed by atoms with Crippen molar-refractivity contribution in [3.05, 3.63) is 60.0 Å². The number of carbonyl (C=O) groups excluding carboxylic acids is 3. The number of nitrogens with one attached hydrogen (secondary N) is 3. The van der Waals surface area contributed by atoms with Crippen LogP contribution in [0.15, 0.2) is 48.8 Å². The summed E-state index contributed by atoms with van der Waals surface area (Å²) in [6, 6.07) is 10.7. The molecule has 1 aromatic carbocycles. The molecule has 1 aliphatic heterocycles. The first kappa shape index (κ1) is 19.8. The molecule has 1 fully saturated rings. The summed E-state index contributed by atoms with van der Waals surface area (Å²) < 4.78 is 1.94. The number of hydrogen-bond donors (Lipinski definition) is 3. The highest BCUT2D eigenvalue weighted by Gasteiger charge is 2.37. The van der Waals surface area contributed by atoms with Gasteiger partial charge < -0.3 is 20.2 Å². The predicted molar refractivity (Wildman–Crippen MR) is 113 cm³/mol. The number of hydrogen-bond acceptors (Lipinski definition) is 3. The molecule has 156 valence electrons. The molecule has 8 heteroatoms. The summed E-state index contributed by atoms with van der Waals surface area (Å²) in [5, 5.41) is 6.64. The molecule has 0 radical (unpaired) electrons. The third kappa shape index (κ3) is 4.07. The highest BCUT2D eigenvalue weighted by atomic mass is 16.2. The Labute approximate surface area is 174 Å². The van der Waals surface area contributed by atoms with Crippen LogP contribution in [0.2, 0.25) is 0 Å². The Bertz CT molecular complexity index is 1080. The number of H-pyrrole nitrogens is 1. The van der Waals surface area contributed by atoms with E-state index in [1.807, 2.05) is 60.4 Å². The largest absolute Gasteiger partial charge is 0.361 e. The molecule has 4 amide bonds. The summed E-state index contributed by atoms with van der Waals surface area (Å²) >= 11 is 0. The van der Waals surface area contributed by atoms with E-state index in [0.29, 0.717) is 19.5 Å². The monoisotopic (exact) mass is 407 g/mol. The van der Waals surface area contributed by atoms with Crippen LogP contribution in [0.3, 0.4) is 0 Å². The van der Waals surface area contributed by atoms with Crippen molar-refractivity contribution in [3.63, 3.8) is 0 Å².